The molecule has 39 heavy (non-hydrogen) atoms. The second-order valence-electron chi connectivity index (χ2n) is 12.6. The lowest BCUT2D eigenvalue weighted by molar-refractivity contribution is -0.123. The first-order chi connectivity index (χ1) is 18.8. The molecule has 9 atom stereocenters. The Balaban J connectivity index is 1.17. The molecule has 6 rings (SSSR count). The van der Waals surface area contributed by atoms with E-state index in [1.165, 1.54) is 0 Å². The Morgan fingerprint density at radius 2 is 1.64 bits per heavy atom. The van der Waals surface area contributed by atoms with E-state index in [9.17, 15) is 14.7 Å². The third-order valence-corrected chi connectivity index (χ3v) is 10.7. The van der Waals surface area contributed by atoms with Gasteiger partial charge >= 0.3 is 6.09 Å². The molecule has 3 saturated carbocycles. The van der Waals surface area contributed by atoms with Gasteiger partial charge in [-0.25, -0.2) is 4.79 Å². The molecule has 6 heteroatoms. The highest BCUT2D eigenvalue weighted by atomic mass is 16.6. The molecule has 1 aliphatic heterocycles. The van der Waals surface area contributed by atoms with Gasteiger partial charge in [0.1, 0.15) is 12.2 Å². The fraction of sp³-hybridized carbons (Fsp3) is 0.515. The smallest absolute Gasteiger partial charge is 0.408 e. The number of benzene rings is 2. The van der Waals surface area contributed by atoms with Gasteiger partial charge < -0.3 is 20.5 Å². The molecule has 6 nitrogen and oxygen atoms in total. The minimum absolute atomic E-state index is 0.00897. The van der Waals surface area contributed by atoms with Gasteiger partial charge in [-0.1, -0.05) is 80.6 Å². The molecule has 0 bridgehead atoms. The van der Waals surface area contributed by atoms with Crippen LogP contribution in [0.3, 0.4) is 0 Å². The number of nitrogens with one attached hydrogen (secondary N) is 2. The maximum Gasteiger partial charge on any atom is 0.408 e. The number of hydrogen-bond acceptors (Lipinski definition) is 4. The molecule has 1 heterocycles. The molecule has 2 amide bonds. The van der Waals surface area contributed by atoms with Gasteiger partial charge in [-0.15, -0.1) is 0 Å². The summed E-state index contributed by atoms with van der Waals surface area (Å²) in [6, 6.07) is 18.6. The largest absolute Gasteiger partial charge is 0.446 e. The highest BCUT2D eigenvalue weighted by molar-refractivity contribution is 5.89. The van der Waals surface area contributed by atoms with Crippen LogP contribution in [0.1, 0.15) is 75.6 Å². The number of aliphatic hydroxyl groups is 1. The zero-order valence-electron chi connectivity index (χ0n) is 22.9. The summed E-state index contributed by atoms with van der Waals surface area (Å²) in [6.45, 7) is 4.64. The zero-order valence-corrected chi connectivity index (χ0v) is 22.9. The van der Waals surface area contributed by atoms with Gasteiger partial charge in [0, 0.05) is 16.9 Å². The Kier molecular flexibility index (Phi) is 6.78. The number of ether oxygens (including phenoxy) is 1. The lowest BCUT2D eigenvalue weighted by Crippen LogP contribution is -2.59. The molecule has 3 N–H and O–H groups in total. The highest BCUT2D eigenvalue weighted by Gasteiger charge is 2.60. The zero-order chi connectivity index (χ0) is 27.2. The second-order valence-corrected chi connectivity index (χ2v) is 12.6. The number of fused-ring (bicyclic) bond motifs is 5. The normalized spacial score (nSPS) is 36.5. The summed E-state index contributed by atoms with van der Waals surface area (Å²) < 4.78 is 6.22. The average Bonchev–Trinajstić information content (AvgIpc) is 3.28. The Bertz CT molecular complexity index is 1230. The van der Waals surface area contributed by atoms with Crippen molar-refractivity contribution in [1.82, 2.24) is 10.6 Å². The Morgan fingerprint density at radius 3 is 2.36 bits per heavy atom. The van der Waals surface area contributed by atoms with Crippen molar-refractivity contribution < 1.29 is 19.4 Å². The minimum Gasteiger partial charge on any atom is -0.446 e. The van der Waals surface area contributed by atoms with Crippen molar-refractivity contribution in [3.05, 3.63) is 83.9 Å². The van der Waals surface area contributed by atoms with E-state index in [-0.39, 0.29) is 28.9 Å². The van der Waals surface area contributed by atoms with Crippen LogP contribution in [0.15, 0.2) is 72.8 Å². The lowest BCUT2D eigenvalue weighted by Gasteiger charge is -2.58. The molecule has 3 aliphatic carbocycles. The SMILES string of the molecule is C[C@]12C=CC(=O)N[C@@H]1CC[C@@H]1[C@@H]2CC[C@]2(C)[C@@H](OC(=O)NC(c3ccccc3)C(O)c3ccccc3)CC[C@@H]12. The van der Waals surface area contributed by atoms with Gasteiger partial charge in [0.25, 0.3) is 0 Å². The Morgan fingerprint density at radius 1 is 0.949 bits per heavy atom. The number of carbonyl (C=O) groups excluding carboxylic acids is 2. The average molecular weight is 529 g/mol. The van der Waals surface area contributed by atoms with Gasteiger partial charge in [0.15, 0.2) is 0 Å². The first-order valence-corrected chi connectivity index (χ1v) is 14.5. The van der Waals surface area contributed by atoms with Crippen LogP contribution in [0.4, 0.5) is 4.79 Å². The van der Waals surface area contributed by atoms with Crippen molar-refractivity contribution in [2.24, 2.45) is 28.6 Å². The summed E-state index contributed by atoms with van der Waals surface area (Å²) in [5.41, 5.74) is 1.50. The van der Waals surface area contributed by atoms with Gasteiger partial charge in [-0.3, -0.25) is 4.79 Å². The Labute approximate surface area is 231 Å². The van der Waals surface area contributed by atoms with E-state index in [2.05, 4.69) is 30.6 Å². The molecule has 2 aromatic rings. The summed E-state index contributed by atoms with van der Waals surface area (Å²) in [5.74, 6) is 1.63. The summed E-state index contributed by atoms with van der Waals surface area (Å²) in [7, 11) is 0. The van der Waals surface area contributed by atoms with E-state index < -0.39 is 18.2 Å². The van der Waals surface area contributed by atoms with Crippen LogP contribution in [-0.4, -0.2) is 29.3 Å². The van der Waals surface area contributed by atoms with Crippen LogP contribution < -0.4 is 10.6 Å². The topological polar surface area (TPSA) is 87.7 Å². The number of aliphatic hydroxyl groups excluding tert-OH is 1. The molecule has 0 aromatic heterocycles. The number of rotatable bonds is 5. The summed E-state index contributed by atoms with van der Waals surface area (Å²) in [6.07, 6.45) is 8.49. The predicted octanol–water partition coefficient (Wildman–Crippen LogP) is 5.85. The molecule has 206 valence electrons. The van der Waals surface area contributed by atoms with E-state index in [1.54, 1.807) is 6.08 Å². The van der Waals surface area contributed by atoms with Crippen LogP contribution in [0.5, 0.6) is 0 Å². The van der Waals surface area contributed by atoms with E-state index >= 15 is 0 Å². The van der Waals surface area contributed by atoms with Crippen molar-refractivity contribution >= 4 is 12.0 Å². The Hall–Kier alpha value is -3.12. The number of carbonyl (C=O) groups is 2. The number of amides is 2. The monoisotopic (exact) mass is 528 g/mol. The van der Waals surface area contributed by atoms with Gasteiger partial charge in [0.05, 0.1) is 6.04 Å². The van der Waals surface area contributed by atoms with Crippen molar-refractivity contribution in [2.45, 2.75) is 76.7 Å². The van der Waals surface area contributed by atoms with Crippen LogP contribution in [0.25, 0.3) is 0 Å². The molecule has 0 radical (unpaired) electrons. The first-order valence-electron chi connectivity index (χ1n) is 14.5. The molecule has 2 aromatic carbocycles. The summed E-state index contributed by atoms with van der Waals surface area (Å²) >= 11 is 0. The van der Waals surface area contributed by atoms with Crippen molar-refractivity contribution in [2.75, 3.05) is 0 Å². The van der Waals surface area contributed by atoms with Crippen molar-refractivity contribution in [3.8, 4) is 0 Å². The third kappa shape index (κ3) is 4.57. The van der Waals surface area contributed by atoms with Gasteiger partial charge in [-0.2, -0.15) is 0 Å². The standard InChI is InChI=1S/C33H40N2O4/c1-32-20-18-28(36)34-26(32)15-13-23-24-14-16-27(33(24,2)19-17-25(23)32)39-31(38)35-29(21-9-5-3-6-10-21)30(37)22-11-7-4-8-12-22/h3-12,18,20,23-27,29-30,37H,13-17,19H2,1-2H3,(H,34,36)(H,35,38)/t23-,24-,25-,26+,27-,29?,30?,32+,33-/m0/s1. The predicted molar refractivity (Wildman–Crippen MR) is 149 cm³/mol. The highest BCUT2D eigenvalue weighted by Crippen LogP contribution is 2.63. The number of hydrogen-bond donors (Lipinski definition) is 3. The third-order valence-electron chi connectivity index (χ3n) is 10.7. The van der Waals surface area contributed by atoms with Crippen molar-refractivity contribution in [3.63, 3.8) is 0 Å². The van der Waals surface area contributed by atoms with Gasteiger partial charge in [-0.05, 0) is 73.5 Å². The van der Waals surface area contributed by atoms with Crippen LogP contribution in [-0.2, 0) is 9.53 Å². The van der Waals surface area contributed by atoms with Crippen LogP contribution in [0, 0.1) is 28.6 Å². The molecule has 0 spiro atoms. The summed E-state index contributed by atoms with van der Waals surface area (Å²) in [5, 5.41) is 17.5. The fourth-order valence-corrected chi connectivity index (χ4v) is 8.62. The van der Waals surface area contributed by atoms with E-state index in [1.807, 2.05) is 60.7 Å². The molecule has 2 unspecified atom stereocenters. The van der Waals surface area contributed by atoms with Gasteiger partial charge in [0.2, 0.25) is 5.91 Å². The first kappa shape index (κ1) is 26.1. The minimum atomic E-state index is -0.900. The lowest BCUT2D eigenvalue weighted by atomic mass is 9.48. The molecular formula is C33H40N2O4. The second kappa shape index (κ2) is 10.1. The number of alkyl carbamates (subject to hydrolysis) is 1. The molecule has 4 aliphatic rings. The maximum atomic E-state index is 13.4. The van der Waals surface area contributed by atoms with E-state index in [4.69, 9.17) is 4.74 Å². The quantitative estimate of drug-likeness (QED) is 0.454. The van der Waals surface area contributed by atoms with E-state index in [0.717, 1.165) is 49.7 Å². The van der Waals surface area contributed by atoms with E-state index in [0.29, 0.717) is 17.8 Å². The molecule has 0 saturated heterocycles. The molecule has 3 fully saturated rings. The van der Waals surface area contributed by atoms with Crippen molar-refractivity contribution in [1.29, 1.82) is 0 Å². The maximum absolute atomic E-state index is 13.4. The molecular weight excluding hydrogens is 488 g/mol. The summed E-state index contributed by atoms with van der Waals surface area (Å²) in [4.78, 5) is 25.4. The van der Waals surface area contributed by atoms with Crippen LogP contribution >= 0.6 is 0 Å². The van der Waals surface area contributed by atoms with Crippen LogP contribution in [0.2, 0.25) is 0 Å². The fourth-order valence-electron chi connectivity index (χ4n) is 8.62.